The molecule has 1 aromatic heterocycles. The number of nitrogens with zero attached hydrogens (tertiary/aromatic N) is 3. The summed E-state index contributed by atoms with van der Waals surface area (Å²) in [7, 11) is 0. The van der Waals surface area contributed by atoms with Crippen molar-refractivity contribution in [2.45, 2.75) is 6.61 Å². The number of halogens is 2. The molecule has 2 aromatic rings. The van der Waals surface area contributed by atoms with Gasteiger partial charge in [0, 0.05) is 0 Å². The zero-order valence-corrected chi connectivity index (χ0v) is 8.32. The van der Waals surface area contributed by atoms with E-state index in [1.54, 1.807) is 6.07 Å². The Morgan fingerprint density at radius 2 is 2.27 bits per heavy atom. The van der Waals surface area contributed by atoms with Gasteiger partial charge in [-0.25, -0.2) is 4.39 Å². The smallest absolute Gasteiger partial charge is 0.165 e. The average Bonchev–Trinajstić information content (AvgIpc) is 2.70. The molecule has 6 heteroatoms. The Kier molecular flexibility index (Phi) is 2.66. The van der Waals surface area contributed by atoms with Crippen molar-refractivity contribution < 1.29 is 9.50 Å². The monoisotopic (exact) mass is 227 g/mol. The van der Waals surface area contributed by atoms with E-state index in [1.165, 1.54) is 23.0 Å². The molecular weight excluding hydrogens is 221 g/mol. The predicted molar refractivity (Wildman–Crippen MR) is 52.2 cm³/mol. The Morgan fingerprint density at radius 1 is 1.47 bits per heavy atom. The van der Waals surface area contributed by atoms with Gasteiger partial charge in [-0.1, -0.05) is 17.7 Å². The molecule has 15 heavy (non-hydrogen) atoms. The van der Waals surface area contributed by atoms with E-state index < -0.39 is 5.82 Å². The van der Waals surface area contributed by atoms with Gasteiger partial charge in [0.25, 0.3) is 0 Å². The summed E-state index contributed by atoms with van der Waals surface area (Å²) in [6, 6.07) is 4.59. The highest BCUT2D eigenvalue weighted by atomic mass is 35.5. The second-order valence-corrected chi connectivity index (χ2v) is 3.26. The van der Waals surface area contributed by atoms with Gasteiger partial charge in [0.2, 0.25) is 0 Å². The van der Waals surface area contributed by atoms with Crippen LogP contribution in [0, 0.1) is 5.82 Å². The molecule has 0 aliphatic carbocycles. The lowest BCUT2D eigenvalue weighted by atomic mass is 10.3. The van der Waals surface area contributed by atoms with Crippen LogP contribution in [0.15, 0.2) is 24.5 Å². The lowest BCUT2D eigenvalue weighted by Crippen LogP contribution is -2.02. The topological polar surface area (TPSA) is 50.9 Å². The Hall–Kier alpha value is -1.46. The Bertz CT molecular complexity index is 486. The standard InChI is InChI=1S/C9H7ClFN3O/c10-6-2-1-3-7(9(6)11)14-5-12-13-8(14)4-15/h1-3,5,15H,4H2. The summed E-state index contributed by atoms with van der Waals surface area (Å²) in [6.45, 7) is -0.314. The number of hydrogen-bond acceptors (Lipinski definition) is 3. The molecule has 0 atom stereocenters. The fourth-order valence-electron chi connectivity index (χ4n) is 1.25. The van der Waals surface area contributed by atoms with Crippen molar-refractivity contribution in [1.82, 2.24) is 14.8 Å². The van der Waals surface area contributed by atoms with Gasteiger partial charge in [-0.05, 0) is 12.1 Å². The Balaban J connectivity index is 2.59. The van der Waals surface area contributed by atoms with Crippen molar-refractivity contribution in [3.05, 3.63) is 41.2 Å². The molecule has 1 aromatic carbocycles. The van der Waals surface area contributed by atoms with Crippen LogP contribution in [0.4, 0.5) is 4.39 Å². The van der Waals surface area contributed by atoms with Crippen molar-refractivity contribution in [3.8, 4) is 5.69 Å². The maximum absolute atomic E-state index is 13.6. The van der Waals surface area contributed by atoms with Crippen LogP contribution in [0.25, 0.3) is 5.69 Å². The van der Waals surface area contributed by atoms with Crippen molar-refractivity contribution in [2.75, 3.05) is 0 Å². The molecule has 0 bridgehead atoms. The second-order valence-electron chi connectivity index (χ2n) is 2.85. The molecule has 78 valence electrons. The summed E-state index contributed by atoms with van der Waals surface area (Å²) in [6.07, 6.45) is 1.32. The van der Waals surface area contributed by atoms with Gasteiger partial charge in [0.1, 0.15) is 12.9 Å². The number of aliphatic hydroxyl groups is 1. The number of aromatic nitrogens is 3. The first-order valence-electron chi connectivity index (χ1n) is 4.18. The molecule has 0 saturated heterocycles. The van der Waals surface area contributed by atoms with E-state index in [-0.39, 0.29) is 23.1 Å². The molecule has 2 rings (SSSR count). The molecule has 4 nitrogen and oxygen atoms in total. The predicted octanol–water partition coefficient (Wildman–Crippen LogP) is 1.55. The molecular formula is C9H7ClFN3O. The lowest BCUT2D eigenvalue weighted by molar-refractivity contribution is 0.268. The number of benzene rings is 1. The number of aliphatic hydroxyl groups excluding tert-OH is 1. The molecule has 0 aliphatic rings. The lowest BCUT2D eigenvalue weighted by Gasteiger charge is -2.06. The summed E-state index contributed by atoms with van der Waals surface area (Å²) < 4.78 is 14.9. The van der Waals surface area contributed by atoms with Gasteiger partial charge in [0.15, 0.2) is 11.6 Å². The third-order valence-electron chi connectivity index (χ3n) is 1.95. The van der Waals surface area contributed by atoms with E-state index in [4.69, 9.17) is 16.7 Å². The van der Waals surface area contributed by atoms with E-state index in [0.717, 1.165) is 0 Å². The molecule has 0 aliphatic heterocycles. The SMILES string of the molecule is OCc1nncn1-c1cccc(Cl)c1F. The van der Waals surface area contributed by atoms with Crippen molar-refractivity contribution >= 4 is 11.6 Å². The van der Waals surface area contributed by atoms with Crippen LogP contribution in [0.2, 0.25) is 5.02 Å². The highest BCUT2D eigenvalue weighted by molar-refractivity contribution is 6.30. The normalized spacial score (nSPS) is 10.6. The molecule has 0 radical (unpaired) electrons. The first-order valence-corrected chi connectivity index (χ1v) is 4.56. The van der Waals surface area contributed by atoms with Gasteiger partial charge >= 0.3 is 0 Å². The van der Waals surface area contributed by atoms with Crippen molar-refractivity contribution in [3.63, 3.8) is 0 Å². The van der Waals surface area contributed by atoms with E-state index >= 15 is 0 Å². The van der Waals surface area contributed by atoms with Gasteiger partial charge in [-0.2, -0.15) is 0 Å². The summed E-state index contributed by atoms with van der Waals surface area (Å²) in [5, 5.41) is 16.2. The second kappa shape index (κ2) is 3.96. The average molecular weight is 228 g/mol. The first kappa shape index (κ1) is 10.1. The fraction of sp³-hybridized carbons (Fsp3) is 0.111. The third-order valence-corrected chi connectivity index (χ3v) is 2.24. The van der Waals surface area contributed by atoms with Crippen LogP contribution in [0.3, 0.4) is 0 Å². The molecule has 0 unspecified atom stereocenters. The Labute approximate surface area is 89.9 Å². The molecule has 1 N–H and O–H groups in total. The van der Waals surface area contributed by atoms with Gasteiger partial charge in [-0.15, -0.1) is 10.2 Å². The summed E-state index contributed by atoms with van der Waals surface area (Å²) in [5.41, 5.74) is 0.219. The quantitative estimate of drug-likeness (QED) is 0.847. The van der Waals surface area contributed by atoms with Gasteiger partial charge in [0.05, 0.1) is 10.7 Å². The van der Waals surface area contributed by atoms with Crippen LogP contribution in [-0.4, -0.2) is 19.9 Å². The summed E-state index contributed by atoms with van der Waals surface area (Å²) in [4.78, 5) is 0. The minimum absolute atomic E-state index is 0.0186. The van der Waals surface area contributed by atoms with E-state index in [9.17, 15) is 4.39 Å². The molecule has 1 heterocycles. The number of hydrogen-bond donors (Lipinski definition) is 1. The fourth-order valence-corrected chi connectivity index (χ4v) is 1.42. The van der Waals surface area contributed by atoms with Crippen molar-refractivity contribution in [2.24, 2.45) is 0 Å². The van der Waals surface area contributed by atoms with Crippen LogP contribution in [-0.2, 0) is 6.61 Å². The van der Waals surface area contributed by atoms with Crippen LogP contribution >= 0.6 is 11.6 Å². The van der Waals surface area contributed by atoms with Gasteiger partial charge in [-0.3, -0.25) is 4.57 Å². The highest BCUT2D eigenvalue weighted by Gasteiger charge is 2.11. The number of rotatable bonds is 2. The largest absolute Gasteiger partial charge is 0.388 e. The minimum atomic E-state index is -0.561. The maximum Gasteiger partial charge on any atom is 0.165 e. The first-order chi connectivity index (χ1) is 7.24. The zero-order valence-electron chi connectivity index (χ0n) is 7.56. The molecule has 0 spiro atoms. The van der Waals surface area contributed by atoms with Crippen LogP contribution < -0.4 is 0 Å². The highest BCUT2D eigenvalue weighted by Crippen LogP contribution is 2.21. The maximum atomic E-state index is 13.6. The van der Waals surface area contributed by atoms with E-state index in [0.29, 0.717) is 0 Å². The van der Waals surface area contributed by atoms with Crippen molar-refractivity contribution in [1.29, 1.82) is 0 Å². The molecule has 0 saturated carbocycles. The van der Waals surface area contributed by atoms with E-state index in [2.05, 4.69) is 10.2 Å². The zero-order chi connectivity index (χ0) is 10.8. The summed E-state index contributed by atoms with van der Waals surface area (Å²) in [5.74, 6) is -0.301. The molecule has 0 fully saturated rings. The Morgan fingerprint density at radius 3 is 3.00 bits per heavy atom. The molecule has 0 amide bonds. The van der Waals surface area contributed by atoms with Gasteiger partial charge < -0.3 is 5.11 Å². The van der Waals surface area contributed by atoms with E-state index in [1.807, 2.05) is 0 Å². The van der Waals surface area contributed by atoms with Crippen LogP contribution in [0.5, 0.6) is 0 Å². The third kappa shape index (κ3) is 1.71. The van der Waals surface area contributed by atoms with Crippen LogP contribution in [0.1, 0.15) is 5.82 Å². The minimum Gasteiger partial charge on any atom is -0.388 e. The summed E-state index contributed by atoms with van der Waals surface area (Å²) >= 11 is 5.63.